The molecule has 1 aromatic heterocycles. The molecule has 2 saturated heterocycles. The van der Waals surface area contributed by atoms with Gasteiger partial charge in [0.25, 0.3) is 5.91 Å². The minimum absolute atomic E-state index is 0.0629. The number of likely N-dealkylation sites (tertiary alicyclic amines) is 1. The average Bonchev–Trinajstić information content (AvgIpc) is 3.32. The lowest BCUT2D eigenvalue weighted by molar-refractivity contribution is -0.145. The number of rotatable bonds is 5. The van der Waals surface area contributed by atoms with Gasteiger partial charge in [-0.2, -0.15) is 0 Å². The van der Waals surface area contributed by atoms with Crippen LogP contribution >= 0.6 is 0 Å². The predicted octanol–water partition coefficient (Wildman–Crippen LogP) is 1.01. The van der Waals surface area contributed by atoms with E-state index >= 15 is 0 Å². The van der Waals surface area contributed by atoms with Crippen molar-refractivity contribution >= 4 is 11.8 Å². The second-order valence-corrected chi connectivity index (χ2v) is 6.74. The fourth-order valence-corrected chi connectivity index (χ4v) is 3.41. The van der Waals surface area contributed by atoms with Gasteiger partial charge in [0.05, 0.1) is 6.54 Å². The summed E-state index contributed by atoms with van der Waals surface area (Å²) >= 11 is 0. The van der Waals surface area contributed by atoms with Crippen LogP contribution in [0.15, 0.2) is 4.42 Å². The van der Waals surface area contributed by atoms with Gasteiger partial charge in [-0.05, 0) is 25.7 Å². The van der Waals surface area contributed by atoms with Crippen molar-refractivity contribution in [2.45, 2.75) is 51.7 Å². The molecule has 8 heteroatoms. The van der Waals surface area contributed by atoms with Gasteiger partial charge in [0.2, 0.25) is 17.7 Å². The third-order valence-corrected chi connectivity index (χ3v) is 4.92. The molecular formula is C17H26N4O4. The predicted molar refractivity (Wildman–Crippen MR) is 88.4 cm³/mol. The maximum Gasteiger partial charge on any atom is 0.251 e. The molecule has 2 fully saturated rings. The van der Waals surface area contributed by atoms with Crippen molar-refractivity contribution in [3.8, 4) is 0 Å². The standard InChI is InChI=1S/C17H26N4O4/c1-3-14-18-19-15(25-14)11-20(2)16(22)12-6-8-21(9-7-12)17(23)13-5-4-10-24-13/h12-13H,3-11H2,1-2H3. The molecule has 2 amide bonds. The highest BCUT2D eigenvalue weighted by Gasteiger charge is 2.33. The number of amides is 2. The van der Waals surface area contributed by atoms with Gasteiger partial charge in [0, 0.05) is 39.1 Å². The number of aromatic nitrogens is 2. The summed E-state index contributed by atoms with van der Waals surface area (Å²) in [6.45, 7) is 4.16. The van der Waals surface area contributed by atoms with Crippen LogP contribution in [-0.2, 0) is 27.3 Å². The van der Waals surface area contributed by atoms with Crippen molar-refractivity contribution < 1.29 is 18.7 Å². The third kappa shape index (κ3) is 4.18. The van der Waals surface area contributed by atoms with Crippen LogP contribution in [0.3, 0.4) is 0 Å². The Hall–Kier alpha value is -1.96. The molecule has 0 aliphatic carbocycles. The summed E-state index contributed by atoms with van der Waals surface area (Å²) in [5, 5.41) is 7.87. The molecule has 138 valence electrons. The Morgan fingerprint density at radius 1 is 1.20 bits per heavy atom. The van der Waals surface area contributed by atoms with Gasteiger partial charge in [0.15, 0.2) is 0 Å². The van der Waals surface area contributed by atoms with E-state index in [0.29, 0.717) is 57.3 Å². The van der Waals surface area contributed by atoms with Crippen molar-refractivity contribution in [3.05, 3.63) is 11.8 Å². The van der Waals surface area contributed by atoms with Crippen LogP contribution < -0.4 is 0 Å². The summed E-state index contributed by atoms with van der Waals surface area (Å²) in [6.07, 6.45) is 3.54. The third-order valence-electron chi connectivity index (χ3n) is 4.92. The van der Waals surface area contributed by atoms with E-state index < -0.39 is 0 Å². The normalized spacial score (nSPS) is 21.5. The van der Waals surface area contributed by atoms with E-state index in [4.69, 9.17) is 9.15 Å². The molecule has 0 radical (unpaired) electrons. The first kappa shape index (κ1) is 17.8. The van der Waals surface area contributed by atoms with Gasteiger partial charge in [-0.15, -0.1) is 10.2 Å². The topological polar surface area (TPSA) is 88.8 Å². The van der Waals surface area contributed by atoms with Gasteiger partial charge in [-0.25, -0.2) is 0 Å². The molecule has 0 N–H and O–H groups in total. The smallest absolute Gasteiger partial charge is 0.251 e. The molecular weight excluding hydrogens is 324 g/mol. The van der Waals surface area contributed by atoms with E-state index in [0.717, 1.165) is 12.8 Å². The first-order chi connectivity index (χ1) is 12.1. The fourth-order valence-electron chi connectivity index (χ4n) is 3.41. The molecule has 0 aromatic carbocycles. The Balaban J connectivity index is 1.48. The lowest BCUT2D eigenvalue weighted by Gasteiger charge is -2.34. The Morgan fingerprint density at radius 3 is 2.52 bits per heavy atom. The molecule has 1 atom stereocenters. The number of carbonyl (C=O) groups is 2. The minimum Gasteiger partial charge on any atom is -0.423 e. The van der Waals surface area contributed by atoms with Crippen LogP contribution in [0.25, 0.3) is 0 Å². The zero-order chi connectivity index (χ0) is 17.8. The zero-order valence-electron chi connectivity index (χ0n) is 14.9. The molecule has 8 nitrogen and oxygen atoms in total. The zero-order valence-corrected chi connectivity index (χ0v) is 14.9. The molecule has 2 aliphatic rings. The number of carbonyl (C=O) groups excluding carboxylic acids is 2. The monoisotopic (exact) mass is 350 g/mol. The van der Waals surface area contributed by atoms with E-state index in [1.807, 2.05) is 11.8 Å². The van der Waals surface area contributed by atoms with Crippen molar-refractivity contribution in [2.75, 3.05) is 26.7 Å². The molecule has 25 heavy (non-hydrogen) atoms. The van der Waals surface area contributed by atoms with Crippen molar-refractivity contribution in [2.24, 2.45) is 5.92 Å². The summed E-state index contributed by atoms with van der Waals surface area (Å²) in [4.78, 5) is 28.5. The molecule has 3 rings (SSSR count). The summed E-state index contributed by atoms with van der Waals surface area (Å²) < 4.78 is 10.9. The van der Waals surface area contributed by atoms with E-state index in [1.165, 1.54) is 0 Å². The lowest BCUT2D eigenvalue weighted by Crippen LogP contribution is -2.46. The second kappa shape index (κ2) is 7.95. The van der Waals surface area contributed by atoms with Crippen LogP contribution in [0, 0.1) is 5.92 Å². The Labute approximate surface area is 147 Å². The van der Waals surface area contributed by atoms with Gasteiger partial charge < -0.3 is 19.0 Å². The molecule has 0 bridgehead atoms. The summed E-state index contributed by atoms with van der Waals surface area (Å²) in [7, 11) is 1.75. The quantitative estimate of drug-likeness (QED) is 0.787. The molecule has 0 saturated carbocycles. The van der Waals surface area contributed by atoms with Crippen LogP contribution in [-0.4, -0.2) is 64.7 Å². The van der Waals surface area contributed by atoms with Crippen LogP contribution in [0.4, 0.5) is 0 Å². The molecule has 1 unspecified atom stereocenters. The van der Waals surface area contributed by atoms with Crippen LogP contribution in [0.5, 0.6) is 0 Å². The number of ether oxygens (including phenoxy) is 1. The number of nitrogens with zero attached hydrogens (tertiary/aromatic N) is 4. The SMILES string of the molecule is CCc1nnc(CN(C)C(=O)C2CCN(C(=O)C3CCCO3)CC2)o1. The maximum absolute atomic E-state index is 12.6. The van der Waals surface area contributed by atoms with E-state index in [-0.39, 0.29) is 23.8 Å². The van der Waals surface area contributed by atoms with Crippen molar-refractivity contribution in [3.63, 3.8) is 0 Å². The molecule has 0 spiro atoms. The first-order valence-electron chi connectivity index (χ1n) is 9.05. The maximum atomic E-state index is 12.6. The number of hydrogen-bond donors (Lipinski definition) is 0. The Bertz CT molecular complexity index is 604. The highest BCUT2D eigenvalue weighted by Crippen LogP contribution is 2.23. The summed E-state index contributed by atoms with van der Waals surface area (Å²) in [5.74, 6) is 1.12. The molecule has 2 aliphatic heterocycles. The van der Waals surface area contributed by atoms with Gasteiger partial charge in [-0.3, -0.25) is 9.59 Å². The van der Waals surface area contributed by atoms with Gasteiger partial charge in [0.1, 0.15) is 6.10 Å². The second-order valence-electron chi connectivity index (χ2n) is 6.74. The lowest BCUT2D eigenvalue weighted by atomic mass is 9.95. The van der Waals surface area contributed by atoms with Gasteiger partial charge in [-0.1, -0.05) is 6.92 Å². The summed E-state index contributed by atoms with van der Waals surface area (Å²) in [5.41, 5.74) is 0. The van der Waals surface area contributed by atoms with Gasteiger partial charge >= 0.3 is 0 Å². The number of piperidine rings is 1. The molecule has 1 aromatic rings. The number of aryl methyl sites for hydroxylation is 1. The van der Waals surface area contributed by atoms with Crippen molar-refractivity contribution in [1.82, 2.24) is 20.0 Å². The highest BCUT2D eigenvalue weighted by atomic mass is 16.5. The first-order valence-corrected chi connectivity index (χ1v) is 9.05. The summed E-state index contributed by atoms with van der Waals surface area (Å²) in [6, 6.07) is 0. The Morgan fingerprint density at radius 2 is 1.92 bits per heavy atom. The fraction of sp³-hybridized carbons (Fsp3) is 0.765. The average molecular weight is 350 g/mol. The van der Waals surface area contributed by atoms with Crippen LogP contribution in [0.1, 0.15) is 44.4 Å². The van der Waals surface area contributed by atoms with Crippen LogP contribution in [0.2, 0.25) is 0 Å². The number of hydrogen-bond acceptors (Lipinski definition) is 6. The Kier molecular flexibility index (Phi) is 5.67. The van der Waals surface area contributed by atoms with E-state index in [2.05, 4.69) is 10.2 Å². The molecule has 3 heterocycles. The highest BCUT2D eigenvalue weighted by molar-refractivity contribution is 5.82. The van der Waals surface area contributed by atoms with E-state index in [1.54, 1.807) is 11.9 Å². The van der Waals surface area contributed by atoms with E-state index in [9.17, 15) is 9.59 Å². The minimum atomic E-state index is -0.278. The van der Waals surface area contributed by atoms with Crippen molar-refractivity contribution in [1.29, 1.82) is 0 Å². The largest absolute Gasteiger partial charge is 0.423 e.